The summed E-state index contributed by atoms with van der Waals surface area (Å²) in [5.74, 6) is 3.37. The quantitative estimate of drug-likeness (QED) is 0.803. The van der Waals surface area contributed by atoms with Gasteiger partial charge in [0.25, 0.3) is 0 Å². The molecule has 1 aliphatic carbocycles. The zero-order chi connectivity index (χ0) is 11.2. The normalized spacial score (nSPS) is 25.7. The summed E-state index contributed by atoms with van der Waals surface area (Å²) in [6.45, 7) is 9.24. The molecule has 2 N–H and O–H groups in total. The Bertz CT molecular complexity index is 361. The Morgan fingerprint density at radius 1 is 1.40 bits per heavy atom. The van der Waals surface area contributed by atoms with Crippen molar-refractivity contribution in [2.45, 2.75) is 52.1 Å². The maximum atomic E-state index is 5.69. The van der Waals surface area contributed by atoms with E-state index in [-0.39, 0.29) is 5.54 Å². The van der Waals surface area contributed by atoms with Crippen molar-refractivity contribution in [2.75, 3.05) is 0 Å². The van der Waals surface area contributed by atoms with Gasteiger partial charge in [-0.1, -0.05) is 6.92 Å². The van der Waals surface area contributed by atoms with E-state index in [0.717, 1.165) is 17.6 Å². The highest BCUT2D eigenvalue weighted by Gasteiger charge is 2.40. The van der Waals surface area contributed by atoms with Crippen molar-refractivity contribution in [3.8, 4) is 0 Å². The third kappa shape index (κ3) is 1.78. The van der Waals surface area contributed by atoms with E-state index in [4.69, 9.17) is 5.73 Å². The summed E-state index contributed by atoms with van der Waals surface area (Å²) in [5, 5.41) is 8.48. The van der Waals surface area contributed by atoms with E-state index in [1.165, 1.54) is 6.42 Å². The van der Waals surface area contributed by atoms with Crippen LogP contribution in [0.5, 0.6) is 0 Å². The van der Waals surface area contributed by atoms with Crippen LogP contribution in [0.25, 0.3) is 0 Å². The van der Waals surface area contributed by atoms with Gasteiger partial charge >= 0.3 is 0 Å². The lowest BCUT2D eigenvalue weighted by molar-refractivity contribution is 0.368. The summed E-state index contributed by atoms with van der Waals surface area (Å²) < 4.78 is 2.21. The molecule has 0 bridgehead atoms. The van der Waals surface area contributed by atoms with Crippen LogP contribution < -0.4 is 5.73 Å². The first-order valence-corrected chi connectivity index (χ1v) is 5.60. The maximum Gasteiger partial charge on any atom is 0.147 e. The van der Waals surface area contributed by atoms with Crippen molar-refractivity contribution in [2.24, 2.45) is 11.7 Å². The predicted molar refractivity (Wildman–Crippen MR) is 59.4 cm³/mol. The van der Waals surface area contributed by atoms with E-state index in [1.54, 1.807) is 0 Å². The first-order chi connectivity index (χ1) is 6.95. The van der Waals surface area contributed by atoms with Gasteiger partial charge in [-0.2, -0.15) is 0 Å². The smallest absolute Gasteiger partial charge is 0.147 e. The molecule has 0 aromatic carbocycles. The molecule has 4 heteroatoms. The largest absolute Gasteiger partial charge is 0.324 e. The monoisotopic (exact) mass is 208 g/mol. The molecule has 2 unspecified atom stereocenters. The van der Waals surface area contributed by atoms with Crippen LogP contribution in [0.2, 0.25) is 0 Å². The van der Waals surface area contributed by atoms with Gasteiger partial charge in [-0.25, -0.2) is 0 Å². The molecule has 1 saturated carbocycles. The summed E-state index contributed by atoms with van der Waals surface area (Å²) in [6.07, 6.45) is 1.23. The van der Waals surface area contributed by atoms with Crippen LogP contribution in [0.4, 0.5) is 0 Å². The number of aromatic nitrogens is 3. The van der Waals surface area contributed by atoms with Crippen LogP contribution in [0, 0.1) is 5.92 Å². The molecular formula is C11H20N4. The molecule has 0 aliphatic heterocycles. The summed E-state index contributed by atoms with van der Waals surface area (Å²) in [6, 6.07) is 0. The first-order valence-electron chi connectivity index (χ1n) is 5.60. The average molecular weight is 208 g/mol. The molecule has 2 atom stereocenters. The van der Waals surface area contributed by atoms with Gasteiger partial charge in [0, 0.05) is 11.5 Å². The molecule has 4 nitrogen and oxygen atoms in total. The highest BCUT2D eigenvalue weighted by molar-refractivity contribution is 5.13. The fourth-order valence-corrected chi connectivity index (χ4v) is 2.12. The SMILES string of the molecule is CC1CC1c1nnc(CN)n1C(C)(C)C. The van der Waals surface area contributed by atoms with E-state index in [2.05, 4.69) is 42.5 Å². The lowest BCUT2D eigenvalue weighted by Crippen LogP contribution is -2.27. The van der Waals surface area contributed by atoms with Crippen LogP contribution >= 0.6 is 0 Å². The third-order valence-corrected chi connectivity index (χ3v) is 3.05. The second-order valence-electron chi connectivity index (χ2n) is 5.50. The number of nitrogens with two attached hydrogens (primary N) is 1. The second kappa shape index (κ2) is 3.30. The number of hydrogen-bond acceptors (Lipinski definition) is 3. The van der Waals surface area contributed by atoms with Gasteiger partial charge < -0.3 is 10.3 Å². The fraction of sp³-hybridized carbons (Fsp3) is 0.818. The van der Waals surface area contributed by atoms with E-state index in [9.17, 15) is 0 Å². The second-order valence-corrected chi connectivity index (χ2v) is 5.50. The Morgan fingerprint density at radius 2 is 2.00 bits per heavy atom. The van der Waals surface area contributed by atoms with Crippen molar-refractivity contribution < 1.29 is 0 Å². The molecule has 0 radical (unpaired) electrons. The van der Waals surface area contributed by atoms with Crippen molar-refractivity contribution in [3.63, 3.8) is 0 Å². The number of hydrogen-bond donors (Lipinski definition) is 1. The fourth-order valence-electron chi connectivity index (χ4n) is 2.12. The molecule has 0 saturated heterocycles. The minimum absolute atomic E-state index is 0.0237. The lowest BCUT2D eigenvalue weighted by Gasteiger charge is -2.24. The summed E-state index contributed by atoms with van der Waals surface area (Å²) in [4.78, 5) is 0. The first kappa shape index (κ1) is 10.6. The van der Waals surface area contributed by atoms with E-state index in [0.29, 0.717) is 12.5 Å². The molecule has 1 aliphatic rings. The van der Waals surface area contributed by atoms with Crippen LogP contribution in [0.3, 0.4) is 0 Å². The molecule has 15 heavy (non-hydrogen) atoms. The van der Waals surface area contributed by atoms with Gasteiger partial charge in [-0.3, -0.25) is 0 Å². The van der Waals surface area contributed by atoms with E-state index >= 15 is 0 Å². The van der Waals surface area contributed by atoms with Crippen LogP contribution in [-0.4, -0.2) is 14.8 Å². The molecule has 1 fully saturated rings. The van der Waals surface area contributed by atoms with Gasteiger partial charge in [0.15, 0.2) is 0 Å². The Balaban J connectivity index is 2.43. The minimum atomic E-state index is 0.0237. The van der Waals surface area contributed by atoms with Crippen LogP contribution in [-0.2, 0) is 12.1 Å². The van der Waals surface area contributed by atoms with Crippen molar-refractivity contribution in [3.05, 3.63) is 11.6 Å². The molecule has 0 amide bonds. The van der Waals surface area contributed by atoms with Crippen LogP contribution in [0.1, 0.15) is 51.7 Å². The Morgan fingerprint density at radius 3 is 2.40 bits per heavy atom. The van der Waals surface area contributed by atoms with Crippen LogP contribution in [0.15, 0.2) is 0 Å². The number of rotatable bonds is 2. The average Bonchev–Trinajstić information content (AvgIpc) is 2.70. The van der Waals surface area contributed by atoms with Crippen molar-refractivity contribution in [1.82, 2.24) is 14.8 Å². The Kier molecular flexibility index (Phi) is 2.34. The lowest BCUT2D eigenvalue weighted by atomic mass is 10.1. The molecule has 84 valence electrons. The highest BCUT2D eigenvalue weighted by Crippen LogP contribution is 2.47. The summed E-state index contributed by atoms with van der Waals surface area (Å²) in [7, 11) is 0. The van der Waals surface area contributed by atoms with Crippen molar-refractivity contribution >= 4 is 0 Å². The standard InChI is InChI=1S/C11H20N4/c1-7-5-8(7)10-14-13-9(6-12)15(10)11(2,3)4/h7-8H,5-6,12H2,1-4H3. The number of nitrogens with zero attached hydrogens (tertiary/aromatic N) is 3. The van der Waals surface area contributed by atoms with Gasteiger partial charge in [-0.05, 0) is 33.1 Å². The molecule has 2 rings (SSSR count). The predicted octanol–water partition coefficient (Wildman–Crippen LogP) is 1.62. The van der Waals surface area contributed by atoms with E-state index < -0.39 is 0 Å². The molecule has 0 spiro atoms. The Labute approximate surface area is 90.9 Å². The Hall–Kier alpha value is -0.900. The molecule has 1 aromatic heterocycles. The summed E-state index contributed by atoms with van der Waals surface area (Å²) in [5.41, 5.74) is 5.72. The summed E-state index contributed by atoms with van der Waals surface area (Å²) >= 11 is 0. The van der Waals surface area contributed by atoms with Crippen molar-refractivity contribution in [1.29, 1.82) is 0 Å². The zero-order valence-corrected chi connectivity index (χ0v) is 9.99. The maximum absolute atomic E-state index is 5.69. The van der Waals surface area contributed by atoms with Gasteiger partial charge in [0.05, 0.1) is 6.54 Å². The molecular weight excluding hydrogens is 188 g/mol. The topological polar surface area (TPSA) is 56.7 Å². The van der Waals surface area contributed by atoms with E-state index in [1.807, 2.05) is 0 Å². The van der Waals surface area contributed by atoms with Gasteiger partial charge in [0.1, 0.15) is 11.6 Å². The minimum Gasteiger partial charge on any atom is -0.324 e. The molecule has 1 heterocycles. The van der Waals surface area contributed by atoms with Gasteiger partial charge in [-0.15, -0.1) is 10.2 Å². The van der Waals surface area contributed by atoms with Gasteiger partial charge in [0.2, 0.25) is 0 Å². The highest BCUT2D eigenvalue weighted by atomic mass is 15.3. The third-order valence-electron chi connectivity index (χ3n) is 3.05. The zero-order valence-electron chi connectivity index (χ0n) is 9.99. The molecule has 1 aromatic rings.